The van der Waals surface area contributed by atoms with Crippen LogP contribution in [-0.2, 0) is 6.54 Å². The van der Waals surface area contributed by atoms with E-state index in [0.29, 0.717) is 0 Å². The van der Waals surface area contributed by atoms with Crippen molar-refractivity contribution in [2.24, 2.45) is 0 Å². The number of hydrogen-bond donors (Lipinski definition) is 1. The number of aliphatic hydroxyl groups is 1. The summed E-state index contributed by atoms with van der Waals surface area (Å²) in [7, 11) is 1.69. The number of nitrogens with zero attached hydrogens (tertiary/aromatic N) is 2. The highest BCUT2D eigenvalue weighted by molar-refractivity contribution is 5.72. The summed E-state index contributed by atoms with van der Waals surface area (Å²) >= 11 is 0. The summed E-state index contributed by atoms with van der Waals surface area (Å²) in [6.07, 6.45) is 7.43. The van der Waals surface area contributed by atoms with Crippen molar-refractivity contribution in [3.8, 4) is 5.75 Å². The smallest absolute Gasteiger partial charge is 0.118 e. The third kappa shape index (κ3) is 5.76. The molecule has 0 spiro atoms. The molecule has 0 unspecified atom stereocenters. The molecule has 4 nitrogen and oxygen atoms in total. The van der Waals surface area contributed by atoms with Gasteiger partial charge in [-0.1, -0.05) is 67.8 Å². The Morgan fingerprint density at radius 3 is 2.19 bits per heavy atom. The zero-order valence-electron chi connectivity index (χ0n) is 18.8. The Bertz CT molecular complexity index is 833. The van der Waals surface area contributed by atoms with Crippen LogP contribution in [0.25, 0.3) is 5.57 Å². The maximum atomic E-state index is 11.5. The van der Waals surface area contributed by atoms with Crippen molar-refractivity contribution in [2.75, 3.05) is 39.8 Å². The Balaban J connectivity index is 1.42. The van der Waals surface area contributed by atoms with Crippen LogP contribution in [0.3, 0.4) is 0 Å². The first kappa shape index (κ1) is 22.1. The largest absolute Gasteiger partial charge is 0.497 e. The van der Waals surface area contributed by atoms with E-state index in [0.717, 1.165) is 81.8 Å². The molecular weight excluding hydrogens is 384 g/mol. The summed E-state index contributed by atoms with van der Waals surface area (Å²) in [6.45, 7) is 6.23. The fourth-order valence-corrected chi connectivity index (χ4v) is 4.95. The molecular formula is C27H36N2O2. The lowest BCUT2D eigenvalue weighted by molar-refractivity contribution is 0.0608. The SMILES string of the molecule is COc1ccc(/C(=C/CN2CCN(Cc3ccccc3)CC2)C2(O)CCCCC2)cc1. The van der Waals surface area contributed by atoms with Crippen LogP contribution in [0, 0.1) is 0 Å². The van der Waals surface area contributed by atoms with Gasteiger partial charge in [-0.05, 0) is 41.7 Å². The number of rotatable bonds is 7. The van der Waals surface area contributed by atoms with Crippen LogP contribution < -0.4 is 4.74 Å². The fourth-order valence-electron chi connectivity index (χ4n) is 4.95. The molecule has 1 N–H and O–H groups in total. The Labute approximate surface area is 187 Å². The lowest BCUT2D eigenvalue weighted by Crippen LogP contribution is -2.46. The van der Waals surface area contributed by atoms with Gasteiger partial charge >= 0.3 is 0 Å². The maximum Gasteiger partial charge on any atom is 0.118 e. The van der Waals surface area contributed by atoms with Crippen molar-refractivity contribution in [1.82, 2.24) is 9.80 Å². The van der Waals surface area contributed by atoms with Crippen molar-refractivity contribution in [1.29, 1.82) is 0 Å². The maximum absolute atomic E-state index is 11.5. The zero-order chi connectivity index (χ0) is 21.5. The van der Waals surface area contributed by atoms with E-state index in [4.69, 9.17) is 4.74 Å². The van der Waals surface area contributed by atoms with Crippen LogP contribution in [0.15, 0.2) is 60.7 Å². The van der Waals surface area contributed by atoms with Crippen LogP contribution in [-0.4, -0.2) is 60.3 Å². The quantitative estimate of drug-likeness (QED) is 0.711. The van der Waals surface area contributed by atoms with Gasteiger partial charge in [0.25, 0.3) is 0 Å². The van der Waals surface area contributed by atoms with Crippen LogP contribution in [0.2, 0.25) is 0 Å². The average molecular weight is 421 g/mol. The highest BCUT2D eigenvalue weighted by Crippen LogP contribution is 2.39. The van der Waals surface area contributed by atoms with E-state index in [-0.39, 0.29) is 0 Å². The fraction of sp³-hybridized carbons (Fsp3) is 0.481. The van der Waals surface area contributed by atoms with E-state index >= 15 is 0 Å². The van der Waals surface area contributed by atoms with E-state index in [2.05, 4.69) is 58.3 Å². The molecule has 2 fully saturated rings. The van der Waals surface area contributed by atoms with Crippen molar-refractivity contribution in [3.63, 3.8) is 0 Å². The minimum absolute atomic E-state index is 0.706. The predicted octanol–water partition coefficient (Wildman–Crippen LogP) is 4.59. The summed E-state index contributed by atoms with van der Waals surface area (Å²) in [6, 6.07) is 18.9. The van der Waals surface area contributed by atoms with Gasteiger partial charge in [-0.2, -0.15) is 0 Å². The second-order valence-electron chi connectivity index (χ2n) is 9.00. The van der Waals surface area contributed by atoms with E-state index in [1.165, 1.54) is 12.0 Å². The molecule has 4 heteroatoms. The lowest BCUT2D eigenvalue weighted by Gasteiger charge is -2.37. The molecule has 1 aliphatic heterocycles. The summed E-state index contributed by atoms with van der Waals surface area (Å²) in [5.41, 5.74) is 2.90. The van der Waals surface area contributed by atoms with Gasteiger partial charge in [0.15, 0.2) is 0 Å². The molecule has 2 aliphatic rings. The van der Waals surface area contributed by atoms with Gasteiger partial charge in [-0.15, -0.1) is 0 Å². The topological polar surface area (TPSA) is 35.9 Å². The summed E-state index contributed by atoms with van der Waals surface area (Å²) in [4.78, 5) is 5.05. The summed E-state index contributed by atoms with van der Waals surface area (Å²) in [5, 5.41) is 11.5. The third-order valence-corrected chi connectivity index (χ3v) is 6.85. The minimum Gasteiger partial charge on any atom is -0.497 e. The van der Waals surface area contributed by atoms with Crippen LogP contribution >= 0.6 is 0 Å². The molecule has 4 rings (SSSR count). The standard InChI is InChI=1S/C27H36N2O2/c1-31-25-12-10-24(11-13-25)26(27(30)15-6-3-7-16-27)14-17-28-18-20-29(21-19-28)22-23-8-4-2-5-9-23/h2,4-5,8-14,30H,3,6-7,15-22H2,1H3/b26-14-. The Morgan fingerprint density at radius 1 is 0.903 bits per heavy atom. The highest BCUT2D eigenvalue weighted by atomic mass is 16.5. The molecule has 31 heavy (non-hydrogen) atoms. The minimum atomic E-state index is -0.706. The first-order valence-corrected chi connectivity index (χ1v) is 11.7. The molecule has 1 aliphatic carbocycles. The van der Waals surface area contributed by atoms with E-state index in [1.807, 2.05) is 12.1 Å². The molecule has 1 heterocycles. The van der Waals surface area contributed by atoms with Crippen LogP contribution in [0.5, 0.6) is 5.75 Å². The monoisotopic (exact) mass is 420 g/mol. The lowest BCUT2D eigenvalue weighted by atomic mass is 9.76. The van der Waals surface area contributed by atoms with Gasteiger partial charge < -0.3 is 9.84 Å². The summed E-state index contributed by atoms with van der Waals surface area (Å²) < 4.78 is 5.33. The van der Waals surface area contributed by atoms with Crippen LogP contribution in [0.1, 0.15) is 43.2 Å². The number of methoxy groups -OCH3 is 1. The van der Waals surface area contributed by atoms with E-state index in [9.17, 15) is 5.11 Å². The van der Waals surface area contributed by atoms with Crippen molar-refractivity contribution >= 4 is 5.57 Å². The normalized spacial score (nSPS) is 20.5. The number of ether oxygens (including phenoxy) is 1. The van der Waals surface area contributed by atoms with Crippen LogP contribution in [0.4, 0.5) is 0 Å². The van der Waals surface area contributed by atoms with Gasteiger partial charge in [-0.3, -0.25) is 9.80 Å². The second-order valence-corrected chi connectivity index (χ2v) is 9.00. The first-order valence-electron chi connectivity index (χ1n) is 11.7. The molecule has 0 aromatic heterocycles. The van der Waals surface area contributed by atoms with Crippen molar-refractivity contribution in [3.05, 3.63) is 71.8 Å². The van der Waals surface area contributed by atoms with Gasteiger partial charge in [0.2, 0.25) is 0 Å². The predicted molar refractivity (Wildman–Crippen MR) is 127 cm³/mol. The van der Waals surface area contributed by atoms with Crippen molar-refractivity contribution < 1.29 is 9.84 Å². The molecule has 0 bridgehead atoms. The molecule has 2 aromatic rings. The zero-order valence-corrected chi connectivity index (χ0v) is 18.8. The van der Waals surface area contributed by atoms with Gasteiger partial charge in [0.05, 0.1) is 12.7 Å². The van der Waals surface area contributed by atoms with Gasteiger partial charge in [-0.25, -0.2) is 0 Å². The Morgan fingerprint density at radius 2 is 1.55 bits per heavy atom. The Hall–Kier alpha value is -2.14. The Kier molecular flexibility index (Phi) is 7.44. The molecule has 2 aromatic carbocycles. The first-order chi connectivity index (χ1) is 15.2. The molecule has 166 valence electrons. The number of hydrogen-bond acceptors (Lipinski definition) is 4. The second kappa shape index (κ2) is 10.4. The molecule has 1 saturated heterocycles. The molecule has 0 amide bonds. The number of benzene rings is 2. The highest BCUT2D eigenvalue weighted by Gasteiger charge is 2.34. The molecule has 0 radical (unpaired) electrons. The summed E-state index contributed by atoms with van der Waals surface area (Å²) in [5.74, 6) is 0.855. The number of piperazine rings is 1. The molecule has 1 saturated carbocycles. The van der Waals surface area contributed by atoms with Crippen molar-refractivity contribution in [2.45, 2.75) is 44.2 Å². The van der Waals surface area contributed by atoms with Gasteiger partial charge in [0, 0.05) is 39.3 Å². The average Bonchev–Trinajstić information content (AvgIpc) is 2.82. The molecule has 0 atom stereocenters. The third-order valence-electron chi connectivity index (χ3n) is 6.85. The van der Waals surface area contributed by atoms with Gasteiger partial charge in [0.1, 0.15) is 5.75 Å². The van der Waals surface area contributed by atoms with E-state index in [1.54, 1.807) is 7.11 Å². The van der Waals surface area contributed by atoms with E-state index < -0.39 is 5.60 Å².